The van der Waals surface area contributed by atoms with Gasteiger partial charge in [-0.2, -0.15) is 4.31 Å². The summed E-state index contributed by atoms with van der Waals surface area (Å²) < 4.78 is 41.5. The second kappa shape index (κ2) is 8.24. The Labute approximate surface area is 189 Å². The van der Waals surface area contributed by atoms with E-state index in [2.05, 4.69) is 4.98 Å². The van der Waals surface area contributed by atoms with Gasteiger partial charge in [-0.1, -0.05) is 42.0 Å². The largest absolute Gasteiger partial charge is 0.345 e. The van der Waals surface area contributed by atoms with Crippen LogP contribution in [0.15, 0.2) is 47.9 Å². The smallest absolute Gasteiger partial charge is 0.222 e. The van der Waals surface area contributed by atoms with Crippen molar-refractivity contribution >= 4 is 49.7 Å². The van der Waals surface area contributed by atoms with Crippen molar-refractivity contribution in [3.63, 3.8) is 0 Å². The summed E-state index contributed by atoms with van der Waals surface area (Å²) in [5.74, 6) is -0.486. The van der Waals surface area contributed by atoms with Crippen molar-refractivity contribution in [3.8, 4) is 11.3 Å². The van der Waals surface area contributed by atoms with E-state index in [0.29, 0.717) is 37.4 Å². The zero-order chi connectivity index (χ0) is 21.5. The molecule has 0 spiro atoms. The fourth-order valence-corrected chi connectivity index (χ4v) is 7.01. The Morgan fingerprint density at radius 3 is 2.63 bits per heavy atom. The number of sulfonamides is 1. The minimum Gasteiger partial charge on any atom is -0.345 e. The minimum atomic E-state index is -3.58. The van der Waals surface area contributed by atoms with E-state index in [1.807, 2.05) is 10.3 Å². The zero-order valence-corrected chi connectivity index (χ0v) is 19.3. The highest BCUT2D eigenvalue weighted by Gasteiger charge is 2.43. The summed E-state index contributed by atoms with van der Waals surface area (Å²) in [6, 6.07) is 4.60. The van der Waals surface area contributed by atoms with E-state index in [1.54, 1.807) is 37.3 Å². The molecule has 1 aliphatic heterocycles. The lowest BCUT2D eigenvalue weighted by Gasteiger charge is -2.38. The summed E-state index contributed by atoms with van der Waals surface area (Å²) in [6.07, 6.45) is 6.85. The van der Waals surface area contributed by atoms with Gasteiger partial charge in [-0.25, -0.2) is 17.8 Å². The maximum absolute atomic E-state index is 13.7. The van der Waals surface area contributed by atoms with Crippen LogP contribution in [0.5, 0.6) is 0 Å². The highest BCUT2D eigenvalue weighted by Crippen LogP contribution is 2.34. The zero-order valence-electron chi connectivity index (χ0n) is 16.1. The molecule has 1 aliphatic carbocycles. The van der Waals surface area contributed by atoms with E-state index in [4.69, 9.17) is 23.2 Å². The molecule has 2 atom stereocenters. The Bertz CT molecular complexity index is 1110. The van der Waals surface area contributed by atoms with E-state index in [-0.39, 0.29) is 5.02 Å². The predicted molar refractivity (Wildman–Crippen MR) is 122 cm³/mol. The Morgan fingerprint density at radius 1 is 1.23 bits per heavy atom. The Kier molecular flexibility index (Phi) is 5.98. The van der Waals surface area contributed by atoms with Crippen molar-refractivity contribution in [2.24, 2.45) is 0 Å². The molecule has 1 aromatic heterocycles. The molecule has 5 nitrogen and oxygen atoms in total. The standard InChI is InChI=1S/C20H20Cl2FN3O2S2/c1-20(22)7-3-2-4-18(20)30(27,28)26-10-8-25(9-11-26)19-24-17(13-29-19)14-5-6-15(21)16(23)12-14/h2-7,12-13,18H,8-11H2,1H3. The van der Waals surface area contributed by atoms with Gasteiger partial charge in [-0.05, 0) is 19.1 Å². The first kappa shape index (κ1) is 21.8. The topological polar surface area (TPSA) is 53.5 Å². The van der Waals surface area contributed by atoms with E-state index in [0.717, 1.165) is 5.13 Å². The van der Waals surface area contributed by atoms with Crippen LogP contribution in [-0.4, -0.2) is 54.0 Å². The van der Waals surface area contributed by atoms with E-state index < -0.39 is 26.0 Å². The molecule has 2 unspecified atom stereocenters. The van der Waals surface area contributed by atoms with Crippen molar-refractivity contribution in [2.45, 2.75) is 17.0 Å². The second-order valence-corrected chi connectivity index (χ2v) is 11.5. The molecular formula is C20H20Cl2FN3O2S2. The van der Waals surface area contributed by atoms with Crippen molar-refractivity contribution in [1.29, 1.82) is 0 Å². The summed E-state index contributed by atoms with van der Waals surface area (Å²) in [5.41, 5.74) is 1.32. The molecule has 0 N–H and O–H groups in total. The highest BCUT2D eigenvalue weighted by molar-refractivity contribution is 7.90. The molecule has 1 aromatic carbocycles. The summed E-state index contributed by atoms with van der Waals surface area (Å²) in [5, 5.41) is 1.91. The highest BCUT2D eigenvalue weighted by atomic mass is 35.5. The summed E-state index contributed by atoms with van der Waals surface area (Å²) in [4.78, 5) is 5.68. The van der Waals surface area contributed by atoms with Crippen molar-refractivity contribution in [1.82, 2.24) is 9.29 Å². The number of alkyl halides is 1. The van der Waals surface area contributed by atoms with Gasteiger partial charge < -0.3 is 4.90 Å². The van der Waals surface area contributed by atoms with Crippen molar-refractivity contribution < 1.29 is 12.8 Å². The Morgan fingerprint density at radius 2 is 1.97 bits per heavy atom. The number of thiazole rings is 1. The monoisotopic (exact) mass is 487 g/mol. The molecular weight excluding hydrogens is 468 g/mol. The first-order valence-corrected chi connectivity index (χ1v) is 12.5. The van der Waals surface area contributed by atoms with Crippen LogP contribution in [0.2, 0.25) is 5.02 Å². The fraction of sp³-hybridized carbons (Fsp3) is 0.350. The van der Waals surface area contributed by atoms with Crippen LogP contribution >= 0.6 is 34.5 Å². The van der Waals surface area contributed by atoms with E-state index in [1.165, 1.54) is 27.8 Å². The first-order chi connectivity index (χ1) is 14.2. The van der Waals surface area contributed by atoms with Gasteiger partial charge in [0.1, 0.15) is 11.1 Å². The van der Waals surface area contributed by atoms with Gasteiger partial charge in [-0.15, -0.1) is 22.9 Å². The molecule has 4 rings (SSSR count). The van der Waals surface area contributed by atoms with Crippen LogP contribution in [0.4, 0.5) is 9.52 Å². The minimum absolute atomic E-state index is 0.0721. The molecule has 2 heterocycles. The quantitative estimate of drug-likeness (QED) is 0.593. The van der Waals surface area contributed by atoms with Gasteiger partial charge >= 0.3 is 0 Å². The van der Waals surface area contributed by atoms with Gasteiger partial charge in [0.25, 0.3) is 0 Å². The number of halogens is 3. The van der Waals surface area contributed by atoms with E-state index >= 15 is 0 Å². The Hall–Kier alpha value is -1.45. The summed E-state index contributed by atoms with van der Waals surface area (Å²) >= 11 is 13.6. The molecule has 1 fully saturated rings. The van der Waals surface area contributed by atoms with Crippen molar-refractivity contribution in [2.75, 3.05) is 31.1 Å². The molecule has 160 valence electrons. The normalized spacial score (nSPS) is 25.1. The number of benzene rings is 1. The van der Waals surface area contributed by atoms with Crippen LogP contribution < -0.4 is 4.90 Å². The Balaban J connectivity index is 1.45. The van der Waals surface area contributed by atoms with Crippen LogP contribution in [-0.2, 0) is 10.0 Å². The maximum Gasteiger partial charge on any atom is 0.222 e. The lowest BCUT2D eigenvalue weighted by Crippen LogP contribution is -2.54. The number of aromatic nitrogens is 1. The van der Waals surface area contributed by atoms with Crippen LogP contribution in [0, 0.1) is 5.82 Å². The first-order valence-electron chi connectivity index (χ1n) is 9.38. The number of allylic oxidation sites excluding steroid dienone is 3. The van der Waals surface area contributed by atoms with Crippen LogP contribution in [0.25, 0.3) is 11.3 Å². The van der Waals surface area contributed by atoms with Gasteiger partial charge in [0, 0.05) is 37.1 Å². The number of hydrogen-bond donors (Lipinski definition) is 0. The SMILES string of the molecule is CC1(Cl)C=CC=CC1S(=O)(=O)N1CCN(c2nc(-c3ccc(Cl)c(F)c3)cs2)CC1. The number of nitrogens with zero attached hydrogens (tertiary/aromatic N) is 3. The summed E-state index contributed by atoms with van der Waals surface area (Å²) in [6.45, 7) is 3.46. The van der Waals surface area contributed by atoms with Gasteiger partial charge in [-0.3, -0.25) is 0 Å². The van der Waals surface area contributed by atoms with Gasteiger partial charge in [0.2, 0.25) is 10.0 Å². The molecule has 10 heteroatoms. The molecule has 0 radical (unpaired) electrons. The third-order valence-electron chi connectivity index (χ3n) is 5.27. The average Bonchev–Trinajstić information content (AvgIpc) is 3.20. The fourth-order valence-electron chi connectivity index (χ4n) is 3.57. The predicted octanol–water partition coefficient (Wildman–Crippen LogP) is 4.55. The van der Waals surface area contributed by atoms with Crippen LogP contribution in [0.1, 0.15) is 6.92 Å². The van der Waals surface area contributed by atoms with Crippen LogP contribution in [0.3, 0.4) is 0 Å². The lowest BCUT2D eigenvalue weighted by molar-refractivity contribution is 0.379. The number of anilines is 1. The molecule has 0 saturated carbocycles. The molecule has 30 heavy (non-hydrogen) atoms. The third-order valence-corrected chi connectivity index (χ3v) is 9.34. The second-order valence-electron chi connectivity index (χ2n) is 7.39. The third kappa shape index (κ3) is 4.16. The molecule has 2 aromatic rings. The molecule has 2 aliphatic rings. The number of piperazine rings is 1. The number of hydrogen-bond acceptors (Lipinski definition) is 5. The van der Waals surface area contributed by atoms with Crippen molar-refractivity contribution in [3.05, 3.63) is 58.7 Å². The average molecular weight is 488 g/mol. The van der Waals surface area contributed by atoms with Gasteiger partial charge in [0.05, 0.1) is 15.6 Å². The molecule has 0 amide bonds. The van der Waals surface area contributed by atoms with E-state index in [9.17, 15) is 12.8 Å². The van der Waals surface area contributed by atoms with Gasteiger partial charge in [0.15, 0.2) is 5.13 Å². The lowest BCUT2D eigenvalue weighted by atomic mass is 10.0. The molecule has 1 saturated heterocycles. The summed E-state index contributed by atoms with van der Waals surface area (Å²) in [7, 11) is -3.58. The number of rotatable bonds is 4. The molecule has 0 bridgehead atoms. The maximum atomic E-state index is 13.7.